The number of likely N-dealkylation sites (tertiary alicyclic amines) is 3. The fourth-order valence-electron chi connectivity index (χ4n) is 6.56. The Morgan fingerprint density at radius 3 is 1.69 bits per heavy atom. The van der Waals surface area contributed by atoms with Crippen LogP contribution < -0.4 is 16.0 Å². The van der Waals surface area contributed by atoms with E-state index in [0.29, 0.717) is 49.2 Å². The smallest absolute Gasteiger partial charge is 0.416 e. The third-order valence-corrected chi connectivity index (χ3v) is 10.5. The molecule has 5 heterocycles. The van der Waals surface area contributed by atoms with Crippen LogP contribution in [0.1, 0.15) is 85.6 Å². The van der Waals surface area contributed by atoms with Crippen molar-refractivity contribution in [3.05, 3.63) is 53.0 Å². The van der Waals surface area contributed by atoms with E-state index in [2.05, 4.69) is 25.9 Å². The molecule has 0 bridgehead atoms. The Morgan fingerprint density at radius 2 is 1.21 bits per heavy atom. The summed E-state index contributed by atoms with van der Waals surface area (Å²) >= 11 is 2.65. The van der Waals surface area contributed by atoms with E-state index in [1.807, 2.05) is 20.8 Å². The lowest BCUT2D eigenvalue weighted by atomic mass is 10.2. The minimum atomic E-state index is -4.48. The lowest BCUT2D eigenvalue weighted by molar-refractivity contribution is -0.142. The van der Waals surface area contributed by atoms with Crippen LogP contribution in [0.2, 0.25) is 0 Å². The maximum Gasteiger partial charge on any atom is 0.416 e. The summed E-state index contributed by atoms with van der Waals surface area (Å²) in [5.74, 6) is -1.88. The number of carbonyl (C=O) groups is 6. The monoisotopic (exact) mass is 910 g/mol. The lowest BCUT2D eigenvalue weighted by Gasteiger charge is -2.27. The average Bonchev–Trinajstić information content (AvgIpc) is 4.00. The van der Waals surface area contributed by atoms with Crippen molar-refractivity contribution in [3.63, 3.8) is 0 Å². The number of aromatic nitrogens is 2. The zero-order valence-electron chi connectivity index (χ0n) is 35.3. The summed E-state index contributed by atoms with van der Waals surface area (Å²) in [6.07, 6.45) is 1.79. The number of benzene rings is 1. The number of ether oxygens (including phenoxy) is 2. The number of alkyl halides is 3. The molecule has 2 aromatic heterocycles. The number of carboxylic acid groups (broad SMARTS) is 1. The number of carboxylic acids is 1. The fourth-order valence-corrected chi connectivity index (χ4v) is 7.62. The minimum absolute atomic E-state index is 0.0674. The summed E-state index contributed by atoms with van der Waals surface area (Å²) in [5.41, 5.74) is -1.90. The molecule has 62 heavy (non-hydrogen) atoms. The molecule has 3 aromatic rings. The first-order valence-electron chi connectivity index (χ1n) is 19.8. The van der Waals surface area contributed by atoms with Crippen LogP contribution in [-0.2, 0) is 34.8 Å². The molecule has 4 N–H and O–H groups in total. The van der Waals surface area contributed by atoms with Crippen LogP contribution in [0, 0.1) is 0 Å². The SMILES string of the molecule is CC(C)(C)OC(=O)N1CCC[C@H]1C(=O)Nc1nccs1.CC(C)(C)OC(=O)N1CCC[C@H]1C(=O)O.O=C(CN1CCC[C@H]1C(=O)Nc1nccs1)Nc1cccc(C(F)(F)F)c1. The van der Waals surface area contributed by atoms with Gasteiger partial charge in [-0.05, 0) is 105 Å². The molecule has 0 aliphatic carbocycles. The van der Waals surface area contributed by atoms with Crippen molar-refractivity contribution < 1.29 is 56.5 Å². The topological polar surface area (TPSA) is 213 Å². The van der Waals surface area contributed by atoms with Crippen molar-refractivity contribution in [2.75, 3.05) is 42.1 Å². The van der Waals surface area contributed by atoms with Crippen LogP contribution in [0.25, 0.3) is 0 Å². The summed E-state index contributed by atoms with van der Waals surface area (Å²) < 4.78 is 48.7. The molecule has 6 rings (SSSR count). The first kappa shape index (κ1) is 49.3. The van der Waals surface area contributed by atoms with E-state index >= 15 is 0 Å². The Bertz CT molecular complexity index is 1990. The second-order valence-corrected chi connectivity index (χ2v) is 18.2. The molecular weight excluding hydrogens is 858 g/mol. The molecule has 22 heteroatoms. The van der Waals surface area contributed by atoms with Gasteiger partial charge in [-0.25, -0.2) is 24.4 Å². The van der Waals surface area contributed by atoms with Gasteiger partial charge < -0.3 is 30.5 Å². The van der Waals surface area contributed by atoms with Crippen LogP contribution in [0.4, 0.5) is 38.7 Å². The summed E-state index contributed by atoms with van der Waals surface area (Å²) in [6, 6.07) is 2.78. The molecule has 0 unspecified atom stereocenters. The highest BCUT2D eigenvalue weighted by Gasteiger charge is 2.38. The summed E-state index contributed by atoms with van der Waals surface area (Å²) in [5, 5.41) is 21.3. The van der Waals surface area contributed by atoms with Crippen molar-refractivity contribution in [3.8, 4) is 0 Å². The van der Waals surface area contributed by atoms with E-state index in [-0.39, 0.29) is 24.0 Å². The zero-order valence-corrected chi connectivity index (χ0v) is 37.0. The Labute approximate surface area is 365 Å². The van der Waals surface area contributed by atoms with Gasteiger partial charge in [0.2, 0.25) is 17.7 Å². The van der Waals surface area contributed by atoms with Gasteiger partial charge in [0.1, 0.15) is 23.3 Å². The largest absolute Gasteiger partial charge is 0.480 e. The van der Waals surface area contributed by atoms with Gasteiger partial charge in [0.25, 0.3) is 0 Å². The molecule has 1 aromatic carbocycles. The van der Waals surface area contributed by atoms with Gasteiger partial charge in [-0.1, -0.05) is 6.07 Å². The van der Waals surface area contributed by atoms with E-state index in [9.17, 15) is 41.9 Å². The molecule has 0 radical (unpaired) electrons. The van der Waals surface area contributed by atoms with Crippen LogP contribution >= 0.6 is 22.7 Å². The molecule has 3 fully saturated rings. The molecule has 17 nitrogen and oxygen atoms in total. The lowest BCUT2D eigenvalue weighted by Crippen LogP contribution is -2.45. The van der Waals surface area contributed by atoms with Crippen molar-refractivity contribution >= 4 is 74.5 Å². The van der Waals surface area contributed by atoms with E-state index in [1.54, 1.807) is 48.8 Å². The van der Waals surface area contributed by atoms with E-state index < -0.39 is 65.1 Å². The average molecular weight is 911 g/mol. The summed E-state index contributed by atoms with van der Waals surface area (Å²) in [6.45, 7) is 12.2. The van der Waals surface area contributed by atoms with Crippen molar-refractivity contribution in [2.24, 2.45) is 0 Å². The Hall–Kier alpha value is -5.35. The number of aliphatic carboxylic acids is 1. The predicted octanol–water partition coefficient (Wildman–Crippen LogP) is 7.16. The number of hydrogen-bond donors (Lipinski definition) is 4. The van der Waals surface area contributed by atoms with Crippen molar-refractivity contribution in [1.29, 1.82) is 0 Å². The molecule has 3 saturated heterocycles. The Kier molecular flexibility index (Phi) is 17.2. The van der Waals surface area contributed by atoms with E-state index in [4.69, 9.17) is 14.6 Å². The Balaban J connectivity index is 0.000000214. The van der Waals surface area contributed by atoms with Crippen molar-refractivity contribution in [2.45, 2.75) is 116 Å². The number of nitrogens with zero attached hydrogens (tertiary/aromatic N) is 5. The quantitative estimate of drug-likeness (QED) is 0.177. The fraction of sp³-hybridized carbons (Fsp3) is 0.550. The number of hydrogen-bond acceptors (Lipinski definition) is 13. The second-order valence-electron chi connectivity index (χ2n) is 16.4. The van der Waals surface area contributed by atoms with Gasteiger partial charge >= 0.3 is 24.3 Å². The first-order chi connectivity index (χ1) is 29.0. The number of nitrogens with one attached hydrogen (secondary N) is 3. The highest BCUT2D eigenvalue weighted by molar-refractivity contribution is 7.14. The molecule has 3 aliphatic rings. The second kappa shape index (κ2) is 21.6. The highest BCUT2D eigenvalue weighted by atomic mass is 32.1. The molecule has 340 valence electrons. The first-order valence-corrected chi connectivity index (χ1v) is 21.6. The standard InChI is InChI=1S/C17H17F3N4O2S.C13H19N3O3S.C10H17NO4/c18-17(19,20)11-3-1-4-12(9-11)22-14(25)10-24-7-2-5-13(24)15(26)23-16-21-6-8-27-16;1-13(2,3)19-12(18)16-7-4-5-9(16)10(17)15-11-14-6-8-20-11;1-10(2,3)15-9(14)11-6-4-5-7(11)8(12)13/h1,3-4,6,8-9,13H,2,5,7,10H2,(H,22,25)(H,21,23,26);6,8-9H,4-5,7H2,1-3H3,(H,14,15,17);7H,4-6H2,1-3H3,(H,12,13)/t13-;9-;7-/m000/s1. The number of rotatable bonds is 8. The maximum atomic E-state index is 12.8. The predicted molar refractivity (Wildman–Crippen MR) is 226 cm³/mol. The molecule has 0 spiro atoms. The number of amides is 5. The minimum Gasteiger partial charge on any atom is -0.480 e. The number of thiazole rings is 2. The zero-order chi connectivity index (χ0) is 45.8. The number of halogens is 3. The summed E-state index contributed by atoms with van der Waals surface area (Å²) in [4.78, 5) is 83.8. The molecule has 3 aliphatic heterocycles. The third-order valence-electron chi connectivity index (χ3n) is 9.16. The highest BCUT2D eigenvalue weighted by Crippen LogP contribution is 2.31. The van der Waals surface area contributed by atoms with Crippen LogP contribution in [-0.4, -0.2) is 121 Å². The maximum absolute atomic E-state index is 12.8. The number of carbonyl (C=O) groups excluding carboxylic acids is 5. The van der Waals surface area contributed by atoms with E-state index in [1.165, 1.54) is 44.6 Å². The molecular formula is C40H53F3N8O9S2. The van der Waals surface area contributed by atoms with Crippen LogP contribution in [0.5, 0.6) is 0 Å². The molecule has 0 saturated carbocycles. The number of anilines is 3. The molecule has 5 amide bonds. The van der Waals surface area contributed by atoms with Gasteiger partial charge in [0.15, 0.2) is 10.3 Å². The van der Waals surface area contributed by atoms with Gasteiger partial charge in [0, 0.05) is 41.9 Å². The van der Waals surface area contributed by atoms with Gasteiger partial charge in [-0.3, -0.25) is 29.1 Å². The molecule has 3 atom stereocenters. The van der Waals surface area contributed by atoms with Crippen molar-refractivity contribution in [1.82, 2.24) is 24.7 Å². The third kappa shape index (κ3) is 15.5. The van der Waals surface area contributed by atoms with Crippen LogP contribution in [0.15, 0.2) is 47.4 Å². The van der Waals surface area contributed by atoms with Crippen LogP contribution in [0.3, 0.4) is 0 Å². The van der Waals surface area contributed by atoms with Gasteiger partial charge in [-0.2, -0.15) is 13.2 Å². The Morgan fingerprint density at radius 1 is 0.726 bits per heavy atom. The summed E-state index contributed by atoms with van der Waals surface area (Å²) in [7, 11) is 0. The van der Waals surface area contributed by atoms with Gasteiger partial charge in [0.05, 0.1) is 18.2 Å². The van der Waals surface area contributed by atoms with Gasteiger partial charge in [-0.15, -0.1) is 22.7 Å². The van der Waals surface area contributed by atoms with E-state index in [0.717, 1.165) is 31.4 Å². The normalized spacial score (nSPS) is 19.0.